The molecular weight excluding hydrogens is 436 g/mol. The molecule has 0 unspecified atom stereocenters. The van der Waals surface area contributed by atoms with Crippen LogP contribution in [0.3, 0.4) is 0 Å². The molecule has 1 N–H and O–H groups in total. The van der Waals surface area contributed by atoms with Gasteiger partial charge >= 0.3 is 0 Å². The molecule has 2 amide bonds. The summed E-state index contributed by atoms with van der Waals surface area (Å²) in [5, 5.41) is 2.87. The maximum atomic E-state index is 12.8. The molecule has 1 saturated heterocycles. The highest BCUT2D eigenvalue weighted by Gasteiger charge is 2.34. The molecule has 0 bridgehead atoms. The molecule has 2 aromatic carbocycles. The molecule has 2 heterocycles. The number of fused-ring (bicyclic) bond motifs is 1. The predicted octanol–water partition coefficient (Wildman–Crippen LogP) is 2.92. The molecule has 180 valence electrons. The molecule has 34 heavy (non-hydrogen) atoms. The summed E-state index contributed by atoms with van der Waals surface area (Å²) >= 11 is 0. The third kappa shape index (κ3) is 5.39. The number of aryl methyl sites for hydroxylation is 1. The lowest BCUT2D eigenvalue weighted by atomic mass is 10.1. The molecule has 8 heteroatoms. The third-order valence-corrected chi connectivity index (χ3v) is 6.13. The first-order valence-electron chi connectivity index (χ1n) is 11.7. The van der Waals surface area contributed by atoms with Crippen LogP contribution in [-0.2, 0) is 20.7 Å². The summed E-state index contributed by atoms with van der Waals surface area (Å²) in [6.45, 7) is 4.52. The van der Waals surface area contributed by atoms with Crippen LogP contribution in [0.2, 0.25) is 0 Å². The summed E-state index contributed by atoms with van der Waals surface area (Å²) in [5.74, 6) is 0.212. The topological polar surface area (TPSA) is 94.2 Å². The number of ketones is 1. The van der Waals surface area contributed by atoms with Crippen molar-refractivity contribution in [2.75, 3.05) is 31.3 Å². The number of hydrogen-bond donors (Lipinski definition) is 1. The van der Waals surface area contributed by atoms with Crippen LogP contribution in [0.4, 0.5) is 5.69 Å². The van der Waals surface area contributed by atoms with Crippen LogP contribution >= 0.6 is 0 Å². The van der Waals surface area contributed by atoms with Gasteiger partial charge in [-0.3, -0.25) is 19.3 Å². The number of rotatable bonds is 9. The van der Waals surface area contributed by atoms with Crippen LogP contribution in [0, 0.1) is 0 Å². The Balaban J connectivity index is 1.46. The summed E-state index contributed by atoms with van der Waals surface area (Å²) in [5.41, 5.74) is 1.90. The van der Waals surface area contributed by atoms with Crippen LogP contribution in [0.5, 0.6) is 11.5 Å². The number of carbonyl (C=O) groups excluding carboxylic acids is 3. The Kier molecular flexibility index (Phi) is 7.47. The van der Waals surface area contributed by atoms with Crippen molar-refractivity contribution in [1.29, 1.82) is 0 Å². The highest BCUT2D eigenvalue weighted by atomic mass is 16.5. The van der Waals surface area contributed by atoms with Gasteiger partial charge in [0.2, 0.25) is 5.91 Å². The van der Waals surface area contributed by atoms with Crippen LogP contribution in [-0.4, -0.2) is 56.1 Å². The molecule has 0 spiro atoms. The minimum absolute atomic E-state index is 0.00562. The first-order valence-corrected chi connectivity index (χ1v) is 11.7. The van der Waals surface area contributed by atoms with Crippen molar-refractivity contribution < 1.29 is 28.6 Å². The Labute approximate surface area is 199 Å². The highest BCUT2D eigenvalue weighted by Crippen LogP contribution is 2.34. The molecule has 2 aliphatic rings. The van der Waals surface area contributed by atoms with Gasteiger partial charge in [-0.1, -0.05) is 19.1 Å². The minimum Gasteiger partial charge on any atom is -0.485 e. The smallest absolute Gasteiger partial charge is 0.265 e. The second-order valence-corrected chi connectivity index (χ2v) is 8.50. The third-order valence-electron chi connectivity index (χ3n) is 6.13. The van der Waals surface area contributed by atoms with Crippen LogP contribution in [0.25, 0.3) is 0 Å². The van der Waals surface area contributed by atoms with E-state index in [9.17, 15) is 14.4 Å². The van der Waals surface area contributed by atoms with Crippen LogP contribution in [0.1, 0.15) is 42.6 Å². The lowest BCUT2D eigenvalue weighted by Gasteiger charge is -2.33. The fourth-order valence-corrected chi connectivity index (χ4v) is 4.14. The van der Waals surface area contributed by atoms with E-state index >= 15 is 0 Å². The van der Waals surface area contributed by atoms with Gasteiger partial charge in [0.1, 0.15) is 17.5 Å². The van der Waals surface area contributed by atoms with E-state index in [1.165, 1.54) is 4.90 Å². The van der Waals surface area contributed by atoms with E-state index in [0.717, 1.165) is 24.8 Å². The monoisotopic (exact) mass is 466 g/mol. The van der Waals surface area contributed by atoms with Crippen LogP contribution < -0.4 is 19.7 Å². The zero-order chi connectivity index (χ0) is 24.1. The number of carbonyl (C=O) groups is 3. The molecule has 0 aromatic heterocycles. The Hall–Kier alpha value is -3.39. The van der Waals surface area contributed by atoms with Gasteiger partial charge in [-0.2, -0.15) is 0 Å². The van der Waals surface area contributed by atoms with E-state index in [1.54, 1.807) is 25.1 Å². The Morgan fingerprint density at radius 1 is 1.24 bits per heavy atom. The molecule has 0 aliphatic carbocycles. The molecule has 2 aliphatic heterocycles. The maximum absolute atomic E-state index is 12.8. The van der Waals surface area contributed by atoms with Crippen molar-refractivity contribution in [1.82, 2.24) is 5.32 Å². The standard InChI is InChI=1S/C26H30N2O6/c1-3-18-6-4-7-20(12-18)33-15-23(29)19-9-10-24-22(13-19)28(25(30)16-34-24)17(2)26(31)27-14-21-8-5-11-32-21/h4,6-7,9-10,12-13,17,21H,3,5,8,11,14-16H2,1-2H3,(H,27,31)/t17-,21+/m0/s1. The first kappa shape index (κ1) is 23.8. The van der Waals surface area contributed by atoms with Gasteiger partial charge in [-0.25, -0.2) is 0 Å². The largest absolute Gasteiger partial charge is 0.485 e. The van der Waals surface area contributed by atoms with Gasteiger partial charge in [-0.15, -0.1) is 0 Å². The van der Waals surface area contributed by atoms with E-state index in [1.807, 2.05) is 24.3 Å². The van der Waals surface area contributed by atoms with Gasteiger partial charge in [0.25, 0.3) is 5.91 Å². The predicted molar refractivity (Wildman–Crippen MR) is 127 cm³/mol. The van der Waals surface area contributed by atoms with E-state index < -0.39 is 6.04 Å². The Morgan fingerprint density at radius 3 is 2.85 bits per heavy atom. The number of nitrogens with zero attached hydrogens (tertiary/aromatic N) is 1. The zero-order valence-corrected chi connectivity index (χ0v) is 19.5. The number of Topliss-reactive ketones (excluding diaryl/α,β-unsaturated/α-hetero) is 1. The van der Waals surface area contributed by atoms with E-state index in [4.69, 9.17) is 14.2 Å². The Bertz CT molecular complexity index is 1060. The van der Waals surface area contributed by atoms with Crippen molar-refractivity contribution in [3.8, 4) is 11.5 Å². The summed E-state index contributed by atoms with van der Waals surface area (Å²) in [4.78, 5) is 39.7. The maximum Gasteiger partial charge on any atom is 0.265 e. The fraction of sp³-hybridized carbons (Fsp3) is 0.423. The number of hydrogen-bond acceptors (Lipinski definition) is 6. The van der Waals surface area contributed by atoms with Crippen LogP contribution in [0.15, 0.2) is 42.5 Å². The normalized spacial score (nSPS) is 18.1. The zero-order valence-electron chi connectivity index (χ0n) is 19.5. The number of ether oxygens (including phenoxy) is 3. The SMILES string of the molecule is CCc1cccc(OCC(=O)c2ccc3c(c2)N([C@@H](C)C(=O)NC[C@H]2CCCO2)C(=O)CO3)c1. The molecule has 2 aromatic rings. The average molecular weight is 467 g/mol. The average Bonchev–Trinajstić information content (AvgIpc) is 3.39. The van der Waals surface area contributed by atoms with E-state index in [-0.39, 0.29) is 36.9 Å². The van der Waals surface area contributed by atoms with Crippen molar-refractivity contribution in [3.63, 3.8) is 0 Å². The lowest BCUT2D eigenvalue weighted by Crippen LogP contribution is -2.52. The molecule has 8 nitrogen and oxygen atoms in total. The second kappa shape index (κ2) is 10.7. The Morgan fingerprint density at radius 2 is 2.09 bits per heavy atom. The van der Waals surface area contributed by atoms with Gasteiger partial charge in [0, 0.05) is 18.7 Å². The highest BCUT2D eigenvalue weighted by molar-refractivity contribution is 6.05. The molecule has 4 rings (SSSR count). The second-order valence-electron chi connectivity index (χ2n) is 8.50. The summed E-state index contributed by atoms with van der Waals surface area (Å²) in [6, 6.07) is 11.7. The molecule has 2 atom stereocenters. The van der Waals surface area contributed by atoms with Crippen molar-refractivity contribution in [2.45, 2.75) is 45.3 Å². The first-order chi connectivity index (χ1) is 16.5. The number of nitrogens with one attached hydrogen (secondary N) is 1. The minimum atomic E-state index is -0.769. The molecular formula is C26H30N2O6. The number of amides is 2. The van der Waals surface area contributed by atoms with E-state index in [2.05, 4.69) is 12.2 Å². The van der Waals surface area contributed by atoms with Gasteiger partial charge < -0.3 is 19.5 Å². The summed E-state index contributed by atoms with van der Waals surface area (Å²) in [7, 11) is 0. The number of anilines is 1. The number of benzene rings is 2. The van der Waals surface area contributed by atoms with Gasteiger partial charge in [-0.05, 0) is 62.1 Å². The molecule has 0 saturated carbocycles. The van der Waals surface area contributed by atoms with Gasteiger partial charge in [0.05, 0.1) is 11.8 Å². The van der Waals surface area contributed by atoms with Crippen molar-refractivity contribution in [3.05, 3.63) is 53.6 Å². The van der Waals surface area contributed by atoms with Gasteiger partial charge in [0.15, 0.2) is 19.0 Å². The molecule has 0 radical (unpaired) electrons. The van der Waals surface area contributed by atoms with E-state index in [0.29, 0.717) is 35.9 Å². The summed E-state index contributed by atoms with van der Waals surface area (Å²) < 4.78 is 16.8. The summed E-state index contributed by atoms with van der Waals surface area (Å²) in [6.07, 6.45) is 2.77. The van der Waals surface area contributed by atoms with Crippen molar-refractivity contribution >= 4 is 23.3 Å². The lowest BCUT2D eigenvalue weighted by molar-refractivity contribution is -0.127. The molecule has 1 fully saturated rings. The quantitative estimate of drug-likeness (QED) is 0.571. The fourth-order valence-electron chi connectivity index (χ4n) is 4.14. The van der Waals surface area contributed by atoms with Crippen molar-refractivity contribution in [2.24, 2.45) is 0 Å².